The molecule has 5 rings (SSSR count). The number of ether oxygens (including phenoxy) is 2. The van der Waals surface area contributed by atoms with E-state index >= 15 is 0 Å². The molecule has 156 valence electrons. The summed E-state index contributed by atoms with van der Waals surface area (Å²) in [5.41, 5.74) is 0.843. The van der Waals surface area contributed by atoms with Crippen molar-refractivity contribution in [2.75, 3.05) is 26.2 Å². The number of amides is 1. The molecule has 2 fully saturated rings. The third kappa shape index (κ3) is 3.97. The Balaban J connectivity index is 1.13. The molecule has 1 aromatic carbocycles. The third-order valence-electron chi connectivity index (χ3n) is 5.90. The predicted molar refractivity (Wildman–Crippen MR) is 115 cm³/mol. The summed E-state index contributed by atoms with van der Waals surface area (Å²) in [4.78, 5) is 24.7. The molecule has 0 radical (unpaired) electrons. The van der Waals surface area contributed by atoms with Crippen LogP contribution in [-0.4, -0.2) is 64.0 Å². The van der Waals surface area contributed by atoms with Crippen molar-refractivity contribution in [3.8, 4) is 16.7 Å². The number of piperazine rings is 1. The average molecular weight is 425 g/mol. The van der Waals surface area contributed by atoms with Gasteiger partial charge in [-0.05, 0) is 43.2 Å². The van der Waals surface area contributed by atoms with Crippen LogP contribution in [0, 0.1) is 0 Å². The van der Waals surface area contributed by atoms with Crippen molar-refractivity contribution in [1.82, 2.24) is 19.8 Å². The highest BCUT2D eigenvalue weighted by Crippen LogP contribution is 2.32. The van der Waals surface area contributed by atoms with E-state index < -0.39 is 0 Å². The lowest BCUT2D eigenvalue weighted by Crippen LogP contribution is -2.55. The normalized spacial score (nSPS) is 21.2. The number of fused-ring (bicyclic) bond motifs is 3. The van der Waals surface area contributed by atoms with Gasteiger partial charge in [-0.3, -0.25) is 14.7 Å². The summed E-state index contributed by atoms with van der Waals surface area (Å²) in [5.74, 6) is 1.74. The first-order valence-electron chi connectivity index (χ1n) is 10.3. The smallest absolute Gasteiger partial charge is 0.279 e. The van der Waals surface area contributed by atoms with Gasteiger partial charge >= 0.3 is 0 Å². The van der Waals surface area contributed by atoms with E-state index in [-0.39, 0.29) is 5.91 Å². The van der Waals surface area contributed by atoms with E-state index in [9.17, 15) is 4.79 Å². The van der Waals surface area contributed by atoms with Crippen LogP contribution in [0.4, 0.5) is 0 Å². The molecular weight excluding hydrogens is 400 g/mol. The summed E-state index contributed by atoms with van der Waals surface area (Å²) in [6.45, 7) is 4.89. The summed E-state index contributed by atoms with van der Waals surface area (Å²) in [7, 11) is 0. The zero-order valence-corrected chi connectivity index (χ0v) is 17.7. The van der Waals surface area contributed by atoms with E-state index in [4.69, 9.17) is 9.47 Å². The molecule has 7 nitrogen and oxygen atoms in total. The van der Waals surface area contributed by atoms with Gasteiger partial charge < -0.3 is 14.4 Å². The van der Waals surface area contributed by atoms with Gasteiger partial charge in [0.1, 0.15) is 23.6 Å². The van der Waals surface area contributed by atoms with Crippen LogP contribution in [0.15, 0.2) is 42.7 Å². The Bertz CT molecular complexity index is 991. The highest BCUT2D eigenvalue weighted by atomic mass is 32.1. The van der Waals surface area contributed by atoms with Crippen molar-refractivity contribution in [3.05, 3.63) is 42.7 Å². The van der Waals surface area contributed by atoms with E-state index in [1.807, 2.05) is 35.2 Å². The number of thiazole rings is 1. The third-order valence-corrected chi connectivity index (χ3v) is 6.81. The highest BCUT2D eigenvalue weighted by molar-refractivity contribution is 7.20. The Hall–Kier alpha value is -2.71. The molecule has 30 heavy (non-hydrogen) atoms. The topological polar surface area (TPSA) is 67.8 Å². The zero-order valence-electron chi connectivity index (χ0n) is 16.9. The lowest BCUT2D eigenvalue weighted by molar-refractivity contribution is -0.132. The monoisotopic (exact) mass is 424 g/mol. The predicted octanol–water partition coefficient (Wildman–Crippen LogP) is 3.56. The number of benzene rings is 1. The number of rotatable bonds is 6. The van der Waals surface area contributed by atoms with Gasteiger partial charge in [-0.2, -0.15) is 0 Å². The molecule has 0 spiro atoms. The van der Waals surface area contributed by atoms with Crippen molar-refractivity contribution in [2.24, 2.45) is 0 Å². The molecule has 2 saturated heterocycles. The number of hydrogen-bond acceptors (Lipinski definition) is 7. The van der Waals surface area contributed by atoms with Gasteiger partial charge in [0.25, 0.3) is 5.19 Å². The van der Waals surface area contributed by atoms with Crippen LogP contribution in [-0.2, 0) is 4.79 Å². The highest BCUT2D eigenvalue weighted by Gasteiger charge is 2.40. The largest absolute Gasteiger partial charge is 0.492 e. The van der Waals surface area contributed by atoms with Gasteiger partial charge in [0.05, 0.1) is 10.9 Å². The first kappa shape index (κ1) is 19.3. The van der Waals surface area contributed by atoms with E-state index in [1.54, 1.807) is 19.3 Å². The Labute approximate surface area is 179 Å². The second kappa shape index (κ2) is 8.20. The number of carbonyl (C=O) groups excluding carboxylic acids is 1. The maximum Gasteiger partial charge on any atom is 0.279 e. The summed E-state index contributed by atoms with van der Waals surface area (Å²) in [5, 5.41) is 0.604. The molecular formula is C22H24N4O3S. The Morgan fingerprint density at radius 3 is 2.57 bits per heavy atom. The van der Waals surface area contributed by atoms with Gasteiger partial charge in [0.15, 0.2) is 0 Å². The fourth-order valence-electron chi connectivity index (χ4n) is 4.39. The average Bonchev–Trinajstić information content (AvgIpc) is 3.25. The van der Waals surface area contributed by atoms with Crippen molar-refractivity contribution in [2.45, 2.75) is 31.8 Å². The van der Waals surface area contributed by atoms with Gasteiger partial charge in [-0.25, -0.2) is 4.98 Å². The van der Waals surface area contributed by atoms with Crippen LogP contribution in [0.5, 0.6) is 16.7 Å². The molecule has 8 heteroatoms. The second-order valence-corrected chi connectivity index (χ2v) is 8.79. The molecule has 2 aliphatic heterocycles. The summed E-state index contributed by atoms with van der Waals surface area (Å²) < 4.78 is 12.9. The van der Waals surface area contributed by atoms with Crippen LogP contribution < -0.4 is 9.47 Å². The fourth-order valence-corrected chi connectivity index (χ4v) is 5.19. The minimum Gasteiger partial charge on any atom is -0.492 e. The molecule has 1 unspecified atom stereocenters. The minimum atomic E-state index is 0.188. The summed E-state index contributed by atoms with van der Waals surface area (Å²) in [6.07, 6.45) is 5.83. The van der Waals surface area contributed by atoms with E-state index in [0.717, 1.165) is 41.3 Å². The fraction of sp³-hybridized carbons (Fsp3) is 0.409. The number of carbonyl (C=O) groups is 1. The van der Waals surface area contributed by atoms with Gasteiger partial charge in [0, 0.05) is 44.8 Å². The molecule has 0 aliphatic carbocycles. The zero-order chi connectivity index (χ0) is 20.5. The van der Waals surface area contributed by atoms with E-state index in [0.29, 0.717) is 23.9 Å². The van der Waals surface area contributed by atoms with Gasteiger partial charge in [-0.15, -0.1) is 0 Å². The van der Waals surface area contributed by atoms with Crippen molar-refractivity contribution in [3.63, 3.8) is 0 Å². The summed E-state index contributed by atoms with van der Waals surface area (Å²) >= 11 is 1.50. The molecule has 2 atom stereocenters. The maximum atomic E-state index is 11.7. The standard InChI is InChI=1S/C22H24N4O3S/c1-15(27)25-13-16-2-3-17(14-25)26(16)10-11-28-18-4-6-19(7-5-18)29-22-24-20-12-23-9-8-21(20)30-22/h4-9,12,16-17H,2-3,10-11,13-14H2,1H3/t16-,17?/m0/s1. The van der Waals surface area contributed by atoms with Crippen LogP contribution in [0.25, 0.3) is 10.2 Å². The molecule has 3 aromatic rings. The molecule has 1 amide bonds. The molecule has 0 saturated carbocycles. The van der Waals surface area contributed by atoms with Crippen molar-refractivity contribution >= 4 is 27.5 Å². The summed E-state index contributed by atoms with van der Waals surface area (Å²) in [6, 6.07) is 10.5. The second-order valence-electron chi connectivity index (χ2n) is 7.79. The Kier molecular flexibility index (Phi) is 5.26. The maximum absolute atomic E-state index is 11.7. The Morgan fingerprint density at radius 1 is 1.13 bits per heavy atom. The van der Waals surface area contributed by atoms with E-state index in [2.05, 4.69) is 14.9 Å². The first-order chi connectivity index (χ1) is 14.7. The van der Waals surface area contributed by atoms with Crippen molar-refractivity contribution in [1.29, 1.82) is 0 Å². The van der Waals surface area contributed by atoms with Crippen molar-refractivity contribution < 1.29 is 14.3 Å². The van der Waals surface area contributed by atoms with Crippen LogP contribution in [0.2, 0.25) is 0 Å². The number of hydrogen-bond donors (Lipinski definition) is 0. The quantitative estimate of drug-likeness (QED) is 0.603. The number of pyridine rings is 1. The lowest BCUT2D eigenvalue weighted by Gasteiger charge is -2.40. The van der Waals surface area contributed by atoms with Crippen LogP contribution in [0.3, 0.4) is 0 Å². The Morgan fingerprint density at radius 2 is 1.87 bits per heavy atom. The number of likely N-dealkylation sites (tertiary alicyclic amines) is 1. The SMILES string of the molecule is CC(=O)N1CC2CC[C@@H](C1)N2CCOc1ccc(Oc2nc3cnccc3s2)cc1. The van der Waals surface area contributed by atoms with Gasteiger partial charge in [-0.1, -0.05) is 11.3 Å². The van der Waals surface area contributed by atoms with Crippen LogP contribution >= 0.6 is 11.3 Å². The van der Waals surface area contributed by atoms with Gasteiger partial charge in [0.2, 0.25) is 5.91 Å². The number of nitrogens with zero attached hydrogens (tertiary/aromatic N) is 4. The lowest BCUT2D eigenvalue weighted by atomic mass is 10.2. The molecule has 4 heterocycles. The number of aromatic nitrogens is 2. The minimum absolute atomic E-state index is 0.188. The van der Waals surface area contributed by atoms with E-state index in [1.165, 1.54) is 24.2 Å². The molecule has 2 aliphatic rings. The van der Waals surface area contributed by atoms with Crippen LogP contribution in [0.1, 0.15) is 19.8 Å². The molecule has 0 N–H and O–H groups in total. The molecule has 2 bridgehead atoms. The first-order valence-corrected chi connectivity index (χ1v) is 11.1. The molecule has 2 aromatic heterocycles.